The Morgan fingerprint density at radius 2 is 1.82 bits per heavy atom. The highest BCUT2D eigenvalue weighted by Crippen LogP contribution is 2.42. The van der Waals surface area contributed by atoms with Gasteiger partial charge in [0.05, 0.1) is 11.3 Å². The monoisotopic (exact) mass is 530 g/mol. The van der Waals surface area contributed by atoms with Crippen LogP contribution in [0.25, 0.3) is 0 Å². The van der Waals surface area contributed by atoms with E-state index < -0.39 is 23.1 Å². The summed E-state index contributed by atoms with van der Waals surface area (Å²) in [6.45, 7) is 4.82. The molecule has 8 heteroatoms. The molecule has 1 aromatic heterocycles. The van der Waals surface area contributed by atoms with Gasteiger partial charge in [-0.25, -0.2) is 0 Å². The fraction of sp³-hybridized carbons (Fsp3) is 0.567. The van der Waals surface area contributed by atoms with Crippen LogP contribution < -0.4 is 0 Å². The number of nitrogens with zero attached hydrogens (tertiary/aromatic N) is 2. The first-order valence-corrected chi connectivity index (χ1v) is 13.6. The zero-order chi connectivity index (χ0) is 27.5. The van der Waals surface area contributed by atoms with Crippen LogP contribution in [-0.4, -0.2) is 39.3 Å². The minimum absolute atomic E-state index is 0.00838. The summed E-state index contributed by atoms with van der Waals surface area (Å²) in [4.78, 5) is 32.0. The topological polar surface area (TPSA) is 70.5 Å². The number of likely N-dealkylation sites (tertiary alicyclic amines) is 1. The number of ketones is 1. The molecule has 2 atom stereocenters. The lowest BCUT2D eigenvalue weighted by Crippen LogP contribution is -2.38. The number of halogens is 3. The van der Waals surface area contributed by atoms with Crippen molar-refractivity contribution in [3.63, 3.8) is 0 Å². The maximum atomic E-state index is 13.2. The van der Waals surface area contributed by atoms with Gasteiger partial charge in [0.1, 0.15) is 5.60 Å². The number of pyridine rings is 1. The summed E-state index contributed by atoms with van der Waals surface area (Å²) < 4.78 is 39.0. The largest absolute Gasteiger partial charge is 0.416 e. The van der Waals surface area contributed by atoms with Crippen LogP contribution in [0.5, 0.6) is 0 Å². The van der Waals surface area contributed by atoms with Crippen molar-refractivity contribution in [2.75, 3.05) is 6.54 Å². The SMILES string of the molecule is CC(C)[C@@H]1C[C@H](CC2CCC(O)(c3ccccn3)CC2)CN1C(=O)CCC(=O)c1cccc(C(F)(F)F)c1. The Morgan fingerprint density at radius 1 is 1.08 bits per heavy atom. The van der Waals surface area contributed by atoms with Crippen LogP contribution in [0.3, 0.4) is 0 Å². The Bertz CT molecular complexity index is 1110. The summed E-state index contributed by atoms with van der Waals surface area (Å²) in [6.07, 6.45) is 2.15. The number of carbonyl (C=O) groups is 2. The summed E-state index contributed by atoms with van der Waals surface area (Å²) >= 11 is 0. The standard InChI is InChI=1S/C30H37F3N2O3/c1-20(2)25-17-22(16-21-11-13-29(38,14-12-21)27-8-3-4-15-34-27)19-35(25)28(37)10-9-26(36)23-6-5-7-24(18-23)30(31,32)33/h3-8,15,18,20-22,25,38H,9-14,16-17,19H2,1-2H3/t21?,22-,25-,29?/m0/s1. The quantitative estimate of drug-likeness (QED) is 0.401. The van der Waals surface area contributed by atoms with E-state index in [9.17, 15) is 27.9 Å². The van der Waals surface area contributed by atoms with Gasteiger partial charge in [-0.05, 0) is 80.5 Å². The predicted molar refractivity (Wildman–Crippen MR) is 138 cm³/mol. The number of hydrogen-bond donors (Lipinski definition) is 1. The molecule has 5 nitrogen and oxygen atoms in total. The van der Waals surface area contributed by atoms with Crippen molar-refractivity contribution in [1.29, 1.82) is 0 Å². The van der Waals surface area contributed by atoms with Gasteiger partial charge in [0, 0.05) is 37.2 Å². The first-order chi connectivity index (χ1) is 18.0. The number of Topliss-reactive ketones (excluding diaryl/α,β-unsaturated/α-hetero) is 1. The van der Waals surface area contributed by atoms with Crippen LogP contribution in [0.15, 0.2) is 48.7 Å². The highest BCUT2D eigenvalue weighted by molar-refractivity contribution is 5.98. The van der Waals surface area contributed by atoms with Gasteiger partial charge in [0.15, 0.2) is 5.78 Å². The van der Waals surface area contributed by atoms with Crippen LogP contribution in [0, 0.1) is 17.8 Å². The minimum atomic E-state index is -4.52. The molecule has 2 aromatic rings. The Balaban J connectivity index is 1.31. The average molecular weight is 531 g/mol. The molecule has 1 N–H and O–H groups in total. The molecule has 0 bridgehead atoms. The fourth-order valence-corrected chi connectivity index (χ4v) is 6.18. The van der Waals surface area contributed by atoms with E-state index in [0.717, 1.165) is 43.5 Å². The Morgan fingerprint density at radius 3 is 2.45 bits per heavy atom. The van der Waals surface area contributed by atoms with Crippen LogP contribution in [-0.2, 0) is 16.6 Å². The zero-order valence-electron chi connectivity index (χ0n) is 22.1. The van der Waals surface area contributed by atoms with Crippen LogP contribution >= 0.6 is 0 Å². The van der Waals surface area contributed by atoms with Crippen LogP contribution in [0.4, 0.5) is 13.2 Å². The third-order valence-electron chi connectivity index (χ3n) is 8.34. The normalized spacial score (nSPS) is 26.1. The van der Waals surface area contributed by atoms with Gasteiger partial charge in [-0.1, -0.05) is 32.0 Å². The summed E-state index contributed by atoms with van der Waals surface area (Å²) in [5.74, 6) is 0.540. The number of benzene rings is 1. The molecule has 2 heterocycles. The van der Waals surface area contributed by atoms with Gasteiger partial charge < -0.3 is 10.0 Å². The van der Waals surface area contributed by atoms with E-state index >= 15 is 0 Å². The lowest BCUT2D eigenvalue weighted by atomic mass is 9.74. The van der Waals surface area contributed by atoms with Gasteiger partial charge in [-0.15, -0.1) is 0 Å². The van der Waals surface area contributed by atoms with E-state index in [-0.39, 0.29) is 36.3 Å². The van der Waals surface area contributed by atoms with E-state index in [4.69, 9.17) is 0 Å². The molecular weight excluding hydrogens is 493 g/mol. The van der Waals surface area contributed by atoms with Gasteiger partial charge in [0.25, 0.3) is 0 Å². The lowest BCUT2D eigenvalue weighted by Gasteiger charge is -2.36. The Kier molecular flexibility index (Phi) is 8.60. The van der Waals surface area contributed by atoms with Crippen molar-refractivity contribution < 1.29 is 27.9 Å². The van der Waals surface area contributed by atoms with E-state index in [1.807, 2.05) is 23.1 Å². The van der Waals surface area contributed by atoms with Crippen molar-refractivity contribution in [2.45, 2.75) is 83.0 Å². The second kappa shape index (κ2) is 11.6. The number of carbonyl (C=O) groups excluding carboxylic acids is 2. The molecule has 2 aliphatic rings. The molecule has 1 amide bonds. The smallest absolute Gasteiger partial charge is 0.384 e. The molecule has 1 aromatic carbocycles. The molecule has 2 fully saturated rings. The van der Waals surface area contributed by atoms with Crippen molar-refractivity contribution in [3.05, 3.63) is 65.5 Å². The number of alkyl halides is 3. The van der Waals surface area contributed by atoms with Gasteiger partial charge >= 0.3 is 6.18 Å². The molecule has 206 valence electrons. The third-order valence-corrected chi connectivity index (χ3v) is 8.34. The first-order valence-electron chi connectivity index (χ1n) is 13.6. The number of amides is 1. The van der Waals surface area contributed by atoms with E-state index in [1.54, 1.807) is 6.20 Å². The van der Waals surface area contributed by atoms with Gasteiger partial charge in [0.2, 0.25) is 5.91 Å². The summed E-state index contributed by atoms with van der Waals surface area (Å²) in [6, 6.07) is 10.1. The number of aliphatic hydroxyl groups is 1. The first kappa shape index (κ1) is 28.3. The van der Waals surface area contributed by atoms with Crippen molar-refractivity contribution in [1.82, 2.24) is 9.88 Å². The Hall–Kier alpha value is -2.74. The number of aromatic nitrogens is 1. The van der Waals surface area contributed by atoms with Crippen molar-refractivity contribution in [3.8, 4) is 0 Å². The highest BCUT2D eigenvalue weighted by atomic mass is 19.4. The summed E-state index contributed by atoms with van der Waals surface area (Å²) in [5, 5.41) is 11.1. The minimum Gasteiger partial charge on any atom is -0.384 e. The summed E-state index contributed by atoms with van der Waals surface area (Å²) in [5.41, 5.74) is -1.02. The fourth-order valence-electron chi connectivity index (χ4n) is 6.18. The molecule has 4 rings (SSSR count). The third kappa shape index (κ3) is 6.63. The molecule has 0 radical (unpaired) electrons. The van der Waals surface area contributed by atoms with Gasteiger partial charge in [-0.2, -0.15) is 13.2 Å². The summed E-state index contributed by atoms with van der Waals surface area (Å²) in [7, 11) is 0. The average Bonchev–Trinajstić information content (AvgIpc) is 3.33. The maximum Gasteiger partial charge on any atom is 0.416 e. The second-order valence-electron chi connectivity index (χ2n) is 11.4. The molecule has 1 aliphatic heterocycles. The zero-order valence-corrected chi connectivity index (χ0v) is 22.1. The molecule has 0 spiro atoms. The lowest BCUT2D eigenvalue weighted by molar-refractivity contribution is -0.137. The van der Waals surface area contributed by atoms with Crippen molar-refractivity contribution in [2.24, 2.45) is 17.8 Å². The molecule has 1 saturated heterocycles. The maximum absolute atomic E-state index is 13.2. The van der Waals surface area contributed by atoms with E-state index in [2.05, 4.69) is 18.8 Å². The Labute approximate surface area is 222 Å². The van der Waals surface area contributed by atoms with Crippen molar-refractivity contribution >= 4 is 11.7 Å². The number of hydrogen-bond acceptors (Lipinski definition) is 4. The second-order valence-corrected chi connectivity index (χ2v) is 11.4. The highest BCUT2D eigenvalue weighted by Gasteiger charge is 2.40. The molecule has 1 aliphatic carbocycles. The van der Waals surface area contributed by atoms with Gasteiger partial charge in [-0.3, -0.25) is 14.6 Å². The molecule has 1 saturated carbocycles. The van der Waals surface area contributed by atoms with E-state index in [0.29, 0.717) is 31.2 Å². The number of rotatable bonds is 8. The van der Waals surface area contributed by atoms with Crippen LogP contribution in [0.1, 0.15) is 86.8 Å². The predicted octanol–water partition coefficient (Wildman–Crippen LogP) is 6.40. The molecule has 0 unspecified atom stereocenters. The van der Waals surface area contributed by atoms with E-state index in [1.165, 1.54) is 12.1 Å². The molecule has 38 heavy (non-hydrogen) atoms. The molecular formula is C30H37F3N2O3. The van der Waals surface area contributed by atoms with Crippen LogP contribution in [0.2, 0.25) is 0 Å².